The van der Waals surface area contributed by atoms with Gasteiger partial charge >= 0.3 is 0 Å². The maximum atomic E-state index is 13.5. The molecule has 5 nitrogen and oxygen atoms in total. The maximum Gasteiger partial charge on any atom is 0.266 e. The van der Waals surface area contributed by atoms with Gasteiger partial charge in [-0.2, -0.15) is 0 Å². The van der Waals surface area contributed by atoms with Crippen LogP contribution in [0.5, 0.6) is 0 Å². The molecule has 2 atom stereocenters. The van der Waals surface area contributed by atoms with E-state index in [1.807, 2.05) is 56.3 Å². The summed E-state index contributed by atoms with van der Waals surface area (Å²) in [6.45, 7) is 12.7. The van der Waals surface area contributed by atoms with E-state index in [9.17, 15) is 9.59 Å². The van der Waals surface area contributed by atoms with Gasteiger partial charge in [-0.05, 0) is 55.9 Å². The zero-order valence-corrected chi connectivity index (χ0v) is 20.3. The molecule has 1 heterocycles. The average molecular weight is 434 g/mol. The summed E-state index contributed by atoms with van der Waals surface area (Å²) in [5.74, 6) is 0.907. The van der Waals surface area contributed by atoms with E-state index in [2.05, 4.69) is 27.7 Å². The van der Waals surface area contributed by atoms with Gasteiger partial charge in [-0.1, -0.05) is 57.5 Å². The molecule has 1 amide bonds. The van der Waals surface area contributed by atoms with Gasteiger partial charge in [0.1, 0.15) is 5.82 Å². The first kappa shape index (κ1) is 23.7. The van der Waals surface area contributed by atoms with Crippen molar-refractivity contribution in [2.45, 2.75) is 60.4 Å². The summed E-state index contributed by atoms with van der Waals surface area (Å²) < 4.78 is 1.65. The Hall–Kier alpha value is -2.95. The monoisotopic (exact) mass is 433 g/mol. The van der Waals surface area contributed by atoms with Crippen molar-refractivity contribution in [2.24, 2.45) is 11.3 Å². The molecule has 2 unspecified atom stereocenters. The van der Waals surface area contributed by atoms with Crippen molar-refractivity contribution < 1.29 is 4.79 Å². The molecule has 3 rings (SSSR count). The molecular weight excluding hydrogens is 398 g/mol. The second-order valence-electron chi connectivity index (χ2n) is 10.2. The van der Waals surface area contributed by atoms with Crippen LogP contribution in [-0.2, 0) is 4.79 Å². The van der Waals surface area contributed by atoms with Gasteiger partial charge in [-0.15, -0.1) is 0 Å². The Morgan fingerprint density at radius 2 is 1.69 bits per heavy atom. The molecule has 0 spiro atoms. The minimum atomic E-state index is -0.358. The second-order valence-corrected chi connectivity index (χ2v) is 10.2. The normalized spacial score (nSPS) is 13.7. The molecule has 0 fully saturated rings. The molecule has 0 saturated carbocycles. The van der Waals surface area contributed by atoms with E-state index < -0.39 is 0 Å². The number of carbonyl (C=O) groups excluding carboxylic acids is 1. The van der Waals surface area contributed by atoms with Gasteiger partial charge in [0.15, 0.2) is 0 Å². The lowest BCUT2D eigenvalue weighted by Crippen LogP contribution is -2.35. The Kier molecular flexibility index (Phi) is 6.87. The van der Waals surface area contributed by atoms with Crippen LogP contribution in [0.25, 0.3) is 16.6 Å². The number of amides is 1. The van der Waals surface area contributed by atoms with E-state index in [-0.39, 0.29) is 28.8 Å². The van der Waals surface area contributed by atoms with E-state index in [1.54, 1.807) is 22.6 Å². The highest BCUT2D eigenvalue weighted by atomic mass is 16.2. The Labute approximate surface area is 191 Å². The Morgan fingerprint density at radius 1 is 1.06 bits per heavy atom. The van der Waals surface area contributed by atoms with E-state index >= 15 is 0 Å². The molecule has 0 aliphatic carbocycles. The van der Waals surface area contributed by atoms with Crippen LogP contribution in [0.3, 0.4) is 0 Å². The number of aromatic nitrogens is 2. The highest BCUT2D eigenvalue weighted by molar-refractivity contribution is 5.79. The zero-order chi connectivity index (χ0) is 23.6. The van der Waals surface area contributed by atoms with Crippen molar-refractivity contribution in [1.82, 2.24) is 14.5 Å². The molecule has 0 saturated heterocycles. The van der Waals surface area contributed by atoms with Gasteiger partial charge in [-0.3, -0.25) is 14.2 Å². The predicted octanol–water partition coefficient (Wildman–Crippen LogP) is 5.68. The molecule has 0 aliphatic rings. The topological polar surface area (TPSA) is 55.2 Å². The van der Waals surface area contributed by atoms with Crippen LogP contribution in [0.2, 0.25) is 0 Å². The van der Waals surface area contributed by atoms with Crippen LogP contribution in [-0.4, -0.2) is 27.4 Å². The van der Waals surface area contributed by atoms with Gasteiger partial charge < -0.3 is 4.90 Å². The minimum Gasteiger partial charge on any atom is -0.336 e. The number of fused-ring (bicyclic) bond motifs is 1. The number of aryl methyl sites for hydroxylation is 1. The molecule has 170 valence electrons. The molecule has 2 aromatic carbocycles. The number of nitrogens with zero attached hydrogens (tertiary/aromatic N) is 3. The molecule has 32 heavy (non-hydrogen) atoms. The summed E-state index contributed by atoms with van der Waals surface area (Å²) in [4.78, 5) is 33.2. The molecule has 0 bridgehead atoms. The summed E-state index contributed by atoms with van der Waals surface area (Å²) >= 11 is 0. The van der Waals surface area contributed by atoms with Crippen molar-refractivity contribution >= 4 is 16.8 Å². The van der Waals surface area contributed by atoms with Crippen molar-refractivity contribution in [3.63, 3.8) is 0 Å². The predicted molar refractivity (Wildman–Crippen MR) is 131 cm³/mol. The quantitative estimate of drug-likeness (QED) is 0.503. The summed E-state index contributed by atoms with van der Waals surface area (Å²) in [7, 11) is 1.80. The number of rotatable bonds is 6. The van der Waals surface area contributed by atoms with Crippen LogP contribution in [0.15, 0.2) is 53.3 Å². The van der Waals surface area contributed by atoms with Crippen molar-refractivity contribution in [3.05, 3.63) is 70.3 Å². The lowest BCUT2D eigenvalue weighted by atomic mass is 9.84. The van der Waals surface area contributed by atoms with Crippen LogP contribution in [0.4, 0.5) is 0 Å². The fourth-order valence-corrected chi connectivity index (χ4v) is 4.32. The number of carbonyl (C=O) groups is 1. The van der Waals surface area contributed by atoms with Crippen molar-refractivity contribution in [2.75, 3.05) is 7.05 Å². The van der Waals surface area contributed by atoms with Gasteiger partial charge in [0.25, 0.3) is 5.56 Å². The number of hydrogen-bond acceptors (Lipinski definition) is 3. The molecule has 5 heteroatoms. The lowest BCUT2D eigenvalue weighted by molar-refractivity contribution is -0.133. The Morgan fingerprint density at radius 3 is 2.31 bits per heavy atom. The zero-order valence-electron chi connectivity index (χ0n) is 20.3. The summed E-state index contributed by atoms with van der Waals surface area (Å²) in [5, 5.41) is 0.566. The fraction of sp³-hybridized carbons (Fsp3) is 0.444. The fourth-order valence-electron chi connectivity index (χ4n) is 4.32. The molecule has 3 aromatic rings. The molecule has 0 radical (unpaired) electrons. The first-order valence-electron chi connectivity index (χ1n) is 11.3. The number of para-hydroxylation sites is 1. The van der Waals surface area contributed by atoms with E-state index in [1.165, 1.54) is 0 Å². The summed E-state index contributed by atoms with van der Waals surface area (Å²) in [6, 6.07) is 14.8. The van der Waals surface area contributed by atoms with Gasteiger partial charge in [-0.25, -0.2) is 4.98 Å². The molecular formula is C27H35N3O2. The maximum absolute atomic E-state index is 13.5. The van der Waals surface area contributed by atoms with Gasteiger partial charge in [0.2, 0.25) is 5.91 Å². The third-order valence-electron chi connectivity index (χ3n) is 5.93. The molecule has 0 N–H and O–H groups in total. The van der Waals surface area contributed by atoms with Gasteiger partial charge in [0, 0.05) is 13.5 Å². The average Bonchev–Trinajstić information content (AvgIpc) is 2.72. The molecule has 0 aliphatic heterocycles. The highest BCUT2D eigenvalue weighted by Crippen LogP contribution is 2.28. The first-order valence-corrected chi connectivity index (χ1v) is 11.3. The third kappa shape index (κ3) is 5.26. The standard InChI is InChI=1S/C27H35N3O2/c1-18-12-14-21(15-13-18)30-25(28-23-11-9-8-10-22(23)26(30)32)20(3)29(7)24(31)16-19(2)17-27(4,5)6/h8-15,19-20H,16-17H2,1-7H3. The van der Waals surface area contributed by atoms with Crippen LogP contribution in [0.1, 0.15) is 64.9 Å². The van der Waals surface area contributed by atoms with Crippen LogP contribution >= 0.6 is 0 Å². The molecule has 1 aromatic heterocycles. The SMILES string of the molecule is Cc1ccc(-n2c(C(C)N(C)C(=O)CC(C)CC(C)(C)C)nc3ccccc3c2=O)cc1. The summed E-state index contributed by atoms with van der Waals surface area (Å²) in [5.41, 5.74) is 2.57. The Balaban J connectivity index is 2.02. The lowest BCUT2D eigenvalue weighted by Gasteiger charge is -2.29. The number of hydrogen-bond donors (Lipinski definition) is 0. The third-order valence-corrected chi connectivity index (χ3v) is 5.93. The second kappa shape index (κ2) is 9.27. The van der Waals surface area contributed by atoms with E-state index in [4.69, 9.17) is 4.98 Å². The van der Waals surface area contributed by atoms with Gasteiger partial charge in [0.05, 0.1) is 22.6 Å². The smallest absolute Gasteiger partial charge is 0.266 e. The van der Waals surface area contributed by atoms with E-state index in [0.717, 1.165) is 17.7 Å². The van der Waals surface area contributed by atoms with Crippen LogP contribution in [0, 0.1) is 18.3 Å². The minimum absolute atomic E-state index is 0.0621. The first-order chi connectivity index (χ1) is 15.0. The van der Waals surface area contributed by atoms with Crippen molar-refractivity contribution in [1.29, 1.82) is 0 Å². The van der Waals surface area contributed by atoms with E-state index in [0.29, 0.717) is 23.1 Å². The largest absolute Gasteiger partial charge is 0.336 e. The van der Waals surface area contributed by atoms with Crippen molar-refractivity contribution in [3.8, 4) is 5.69 Å². The summed E-state index contributed by atoms with van der Waals surface area (Å²) in [6.07, 6.45) is 1.45. The van der Waals surface area contributed by atoms with Crippen LogP contribution < -0.4 is 5.56 Å². The number of benzene rings is 2. The Bertz CT molecular complexity index is 1160. The highest BCUT2D eigenvalue weighted by Gasteiger charge is 2.26.